The summed E-state index contributed by atoms with van der Waals surface area (Å²) in [6.45, 7) is 6.38. The Kier molecular flexibility index (Phi) is 3.89. The Hall–Kier alpha value is -0.870. The molecule has 2 bridgehead atoms. The lowest BCUT2D eigenvalue weighted by atomic mass is 9.97. The fraction of sp³-hybridized carbons (Fsp3) is 0.800. The number of aryl methyl sites for hydroxylation is 1. The van der Waals surface area contributed by atoms with Gasteiger partial charge in [-0.25, -0.2) is 4.98 Å². The van der Waals surface area contributed by atoms with Crippen LogP contribution >= 0.6 is 0 Å². The first kappa shape index (κ1) is 13.1. The van der Waals surface area contributed by atoms with E-state index in [2.05, 4.69) is 22.1 Å². The van der Waals surface area contributed by atoms with Crippen molar-refractivity contribution in [3.63, 3.8) is 0 Å². The molecular formula is C15H25N3O. The average Bonchev–Trinajstić information content (AvgIpc) is 2.95. The molecule has 1 aromatic heterocycles. The van der Waals surface area contributed by atoms with E-state index < -0.39 is 0 Å². The summed E-state index contributed by atoms with van der Waals surface area (Å²) in [6, 6.07) is 2.22. The molecule has 2 fully saturated rings. The number of nitrogens with zero attached hydrogens (tertiary/aromatic N) is 2. The monoisotopic (exact) mass is 263 g/mol. The molecule has 0 radical (unpaired) electrons. The highest BCUT2D eigenvalue weighted by Gasteiger charge is 2.36. The van der Waals surface area contributed by atoms with E-state index in [0.29, 0.717) is 0 Å². The van der Waals surface area contributed by atoms with Crippen molar-refractivity contribution in [3.8, 4) is 0 Å². The summed E-state index contributed by atoms with van der Waals surface area (Å²) < 4.78 is 5.34. The molecule has 0 saturated carbocycles. The zero-order valence-corrected chi connectivity index (χ0v) is 12.1. The molecule has 3 rings (SSSR count). The van der Waals surface area contributed by atoms with Gasteiger partial charge in [-0.05, 0) is 45.6 Å². The zero-order valence-electron chi connectivity index (χ0n) is 12.1. The van der Waals surface area contributed by atoms with Crippen LogP contribution in [0.4, 0.5) is 0 Å². The lowest BCUT2D eigenvalue weighted by molar-refractivity contribution is 0.132. The molecule has 106 valence electrons. The second kappa shape index (κ2) is 5.63. The Labute approximate surface area is 115 Å². The molecule has 2 saturated heterocycles. The normalized spacial score (nSPS) is 30.2. The van der Waals surface area contributed by atoms with E-state index in [-0.39, 0.29) is 0 Å². The molecule has 2 unspecified atom stereocenters. The molecule has 2 aliphatic rings. The molecule has 0 aliphatic carbocycles. The quantitative estimate of drug-likeness (QED) is 0.886. The van der Waals surface area contributed by atoms with Crippen molar-refractivity contribution in [2.75, 3.05) is 6.54 Å². The van der Waals surface area contributed by atoms with Crippen molar-refractivity contribution in [1.82, 2.24) is 15.2 Å². The van der Waals surface area contributed by atoms with Gasteiger partial charge < -0.3 is 9.73 Å². The van der Waals surface area contributed by atoms with Gasteiger partial charge in [0.1, 0.15) is 5.76 Å². The van der Waals surface area contributed by atoms with E-state index in [9.17, 15) is 0 Å². The van der Waals surface area contributed by atoms with Gasteiger partial charge in [0.15, 0.2) is 6.39 Å². The molecule has 1 aromatic rings. The van der Waals surface area contributed by atoms with Crippen LogP contribution in [0.25, 0.3) is 0 Å². The largest absolute Gasteiger partial charge is 0.448 e. The van der Waals surface area contributed by atoms with Crippen LogP contribution in [0.1, 0.15) is 50.5 Å². The minimum Gasteiger partial charge on any atom is -0.448 e. The van der Waals surface area contributed by atoms with Crippen LogP contribution in [0.2, 0.25) is 0 Å². The van der Waals surface area contributed by atoms with Crippen molar-refractivity contribution >= 4 is 0 Å². The van der Waals surface area contributed by atoms with Crippen molar-refractivity contribution in [3.05, 3.63) is 17.8 Å². The Balaban J connectivity index is 1.68. The van der Waals surface area contributed by atoms with E-state index in [1.807, 2.05) is 6.92 Å². The number of hydrogen-bond donors (Lipinski definition) is 1. The maximum Gasteiger partial charge on any atom is 0.181 e. The van der Waals surface area contributed by atoms with Gasteiger partial charge in [0.05, 0.1) is 5.69 Å². The molecule has 4 nitrogen and oxygen atoms in total. The molecule has 0 spiro atoms. The molecule has 0 amide bonds. The fourth-order valence-electron chi connectivity index (χ4n) is 3.68. The molecule has 2 aliphatic heterocycles. The summed E-state index contributed by atoms with van der Waals surface area (Å²) in [7, 11) is 0. The molecule has 3 heterocycles. The van der Waals surface area contributed by atoms with Crippen LogP contribution in [-0.4, -0.2) is 34.6 Å². The predicted octanol–water partition coefficient (Wildman–Crippen LogP) is 2.48. The van der Waals surface area contributed by atoms with Gasteiger partial charge in [-0.2, -0.15) is 0 Å². The standard InChI is InChI=1S/C15H25N3O/c1-3-6-18(9-15-11(2)19-10-16-15)14-7-12-4-5-13(8-14)17-12/h10,12-14,17H,3-9H2,1-2H3. The summed E-state index contributed by atoms with van der Waals surface area (Å²) in [6.07, 6.45) is 8.10. The summed E-state index contributed by atoms with van der Waals surface area (Å²) >= 11 is 0. The maximum absolute atomic E-state index is 5.34. The van der Waals surface area contributed by atoms with Gasteiger partial charge in [0.25, 0.3) is 0 Å². The second-order valence-electron chi connectivity index (χ2n) is 6.09. The summed E-state index contributed by atoms with van der Waals surface area (Å²) in [5.41, 5.74) is 1.11. The smallest absolute Gasteiger partial charge is 0.181 e. The molecule has 19 heavy (non-hydrogen) atoms. The number of fused-ring (bicyclic) bond motifs is 2. The van der Waals surface area contributed by atoms with Crippen molar-refractivity contribution in [1.29, 1.82) is 0 Å². The van der Waals surface area contributed by atoms with Gasteiger partial charge in [0.2, 0.25) is 0 Å². The Morgan fingerprint density at radius 3 is 2.68 bits per heavy atom. The minimum absolute atomic E-state index is 0.717. The summed E-state index contributed by atoms with van der Waals surface area (Å²) in [5.74, 6) is 0.970. The van der Waals surface area contributed by atoms with Gasteiger partial charge in [-0.3, -0.25) is 4.90 Å². The van der Waals surface area contributed by atoms with Crippen molar-refractivity contribution in [2.45, 2.75) is 70.6 Å². The van der Waals surface area contributed by atoms with Gasteiger partial charge in [-0.15, -0.1) is 0 Å². The van der Waals surface area contributed by atoms with Crippen LogP contribution in [0, 0.1) is 6.92 Å². The molecule has 4 heteroatoms. The maximum atomic E-state index is 5.34. The number of hydrogen-bond acceptors (Lipinski definition) is 4. The lowest BCUT2D eigenvalue weighted by Gasteiger charge is -2.37. The first-order valence-corrected chi connectivity index (χ1v) is 7.65. The SMILES string of the molecule is CCCN(Cc1ncoc1C)C1CC2CCC(C1)N2. The highest BCUT2D eigenvalue weighted by atomic mass is 16.3. The van der Waals surface area contributed by atoms with E-state index in [0.717, 1.165) is 42.7 Å². The van der Waals surface area contributed by atoms with E-state index >= 15 is 0 Å². The highest BCUT2D eigenvalue weighted by Crippen LogP contribution is 2.30. The third-order valence-electron chi connectivity index (χ3n) is 4.67. The van der Waals surface area contributed by atoms with Crippen molar-refractivity contribution in [2.24, 2.45) is 0 Å². The molecule has 0 aromatic carbocycles. The first-order valence-electron chi connectivity index (χ1n) is 7.65. The lowest BCUT2D eigenvalue weighted by Crippen LogP contribution is -2.48. The number of oxazole rings is 1. The van der Waals surface area contributed by atoms with Crippen LogP contribution in [0.15, 0.2) is 10.8 Å². The fourth-order valence-corrected chi connectivity index (χ4v) is 3.68. The predicted molar refractivity (Wildman–Crippen MR) is 74.9 cm³/mol. The van der Waals surface area contributed by atoms with E-state index in [4.69, 9.17) is 4.42 Å². The number of nitrogens with one attached hydrogen (secondary N) is 1. The topological polar surface area (TPSA) is 41.3 Å². The molecule has 1 N–H and O–H groups in total. The Morgan fingerprint density at radius 2 is 2.11 bits per heavy atom. The molecular weight excluding hydrogens is 238 g/mol. The zero-order chi connectivity index (χ0) is 13.2. The van der Waals surface area contributed by atoms with Crippen LogP contribution in [0.3, 0.4) is 0 Å². The van der Waals surface area contributed by atoms with Crippen molar-refractivity contribution < 1.29 is 4.42 Å². The van der Waals surface area contributed by atoms with Gasteiger partial charge in [-0.1, -0.05) is 6.92 Å². The average molecular weight is 263 g/mol. The van der Waals surface area contributed by atoms with E-state index in [1.54, 1.807) is 6.39 Å². The number of aromatic nitrogens is 1. The van der Waals surface area contributed by atoms with Gasteiger partial charge in [0, 0.05) is 24.7 Å². The minimum atomic E-state index is 0.717. The first-order chi connectivity index (χ1) is 9.26. The van der Waals surface area contributed by atoms with Crippen LogP contribution < -0.4 is 5.32 Å². The Bertz CT molecular complexity index is 405. The summed E-state index contributed by atoms with van der Waals surface area (Å²) in [5, 5.41) is 3.73. The summed E-state index contributed by atoms with van der Waals surface area (Å²) in [4.78, 5) is 6.98. The Morgan fingerprint density at radius 1 is 1.37 bits per heavy atom. The highest BCUT2D eigenvalue weighted by molar-refractivity contribution is 5.05. The second-order valence-corrected chi connectivity index (χ2v) is 6.09. The number of piperidine rings is 1. The third kappa shape index (κ3) is 2.84. The third-order valence-corrected chi connectivity index (χ3v) is 4.67. The molecule has 2 atom stereocenters. The van der Waals surface area contributed by atoms with E-state index in [1.165, 1.54) is 32.1 Å². The van der Waals surface area contributed by atoms with Gasteiger partial charge >= 0.3 is 0 Å². The number of rotatable bonds is 5. The van der Waals surface area contributed by atoms with Crippen LogP contribution in [0.5, 0.6) is 0 Å². The van der Waals surface area contributed by atoms with Crippen LogP contribution in [-0.2, 0) is 6.54 Å².